The van der Waals surface area contributed by atoms with Crippen molar-refractivity contribution in [3.05, 3.63) is 52.1 Å². The second kappa shape index (κ2) is 5.84. The van der Waals surface area contributed by atoms with E-state index >= 15 is 0 Å². The van der Waals surface area contributed by atoms with Crippen LogP contribution in [0.1, 0.15) is 18.3 Å². The molecule has 2 aromatic rings. The second-order valence-electron chi connectivity index (χ2n) is 3.79. The molecule has 0 saturated heterocycles. The minimum Gasteiger partial charge on any atom is -0.392 e. The summed E-state index contributed by atoms with van der Waals surface area (Å²) < 4.78 is 0. The van der Waals surface area contributed by atoms with Gasteiger partial charge >= 0.3 is 0 Å². The Labute approximate surface area is 109 Å². The average molecular weight is 262 g/mol. The number of benzene rings is 1. The molecule has 0 aliphatic heterocycles. The van der Waals surface area contributed by atoms with E-state index in [2.05, 4.69) is 9.97 Å². The van der Waals surface area contributed by atoms with Crippen molar-refractivity contribution in [3.8, 4) is 0 Å². The van der Waals surface area contributed by atoms with Crippen LogP contribution in [0.2, 0.25) is 0 Å². The van der Waals surface area contributed by atoms with Crippen LogP contribution in [0.25, 0.3) is 0 Å². The fourth-order valence-electron chi connectivity index (χ4n) is 1.49. The molecule has 0 atom stereocenters. The number of aromatic amines is 1. The summed E-state index contributed by atoms with van der Waals surface area (Å²) in [5.74, 6) is 0.692. The summed E-state index contributed by atoms with van der Waals surface area (Å²) >= 11 is 1.44. The van der Waals surface area contributed by atoms with E-state index in [4.69, 9.17) is 5.11 Å². The number of aliphatic hydroxyl groups is 1. The zero-order chi connectivity index (χ0) is 13.0. The molecule has 2 rings (SSSR count). The monoisotopic (exact) mass is 262 g/mol. The topological polar surface area (TPSA) is 66.0 Å². The van der Waals surface area contributed by atoms with Gasteiger partial charge in [0.2, 0.25) is 0 Å². The first-order valence-corrected chi connectivity index (χ1v) is 6.51. The van der Waals surface area contributed by atoms with Crippen molar-refractivity contribution in [2.45, 2.75) is 29.9 Å². The highest BCUT2D eigenvalue weighted by Gasteiger charge is 2.02. The average Bonchev–Trinajstić information content (AvgIpc) is 2.39. The lowest BCUT2D eigenvalue weighted by molar-refractivity contribution is 0.282. The molecule has 0 radical (unpaired) electrons. The molecule has 0 saturated carbocycles. The molecule has 1 heterocycles. The Kier molecular flexibility index (Phi) is 4.17. The Bertz CT molecular complexity index is 578. The van der Waals surface area contributed by atoms with Gasteiger partial charge in [-0.2, -0.15) is 0 Å². The van der Waals surface area contributed by atoms with Crippen molar-refractivity contribution < 1.29 is 5.11 Å². The number of nitrogens with one attached hydrogen (secondary N) is 1. The number of aliphatic hydroxyl groups excluding tert-OH is 1. The minimum atomic E-state index is -0.128. The van der Waals surface area contributed by atoms with Gasteiger partial charge in [0.1, 0.15) is 10.9 Å². The van der Waals surface area contributed by atoms with E-state index in [0.717, 1.165) is 10.5 Å². The molecule has 0 unspecified atom stereocenters. The van der Waals surface area contributed by atoms with E-state index in [9.17, 15) is 4.79 Å². The molecule has 0 spiro atoms. The van der Waals surface area contributed by atoms with Crippen LogP contribution < -0.4 is 5.56 Å². The molecule has 0 fully saturated rings. The molecule has 18 heavy (non-hydrogen) atoms. The second-order valence-corrected chi connectivity index (χ2v) is 4.88. The summed E-state index contributed by atoms with van der Waals surface area (Å²) in [5.41, 5.74) is 0.740. The number of rotatable bonds is 4. The lowest BCUT2D eigenvalue weighted by Crippen LogP contribution is -2.09. The van der Waals surface area contributed by atoms with Crippen LogP contribution in [0.3, 0.4) is 0 Å². The number of hydrogen-bond acceptors (Lipinski definition) is 4. The maximum absolute atomic E-state index is 11.4. The predicted octanol–water partition coefficient (Wildman–Crippen LogP) is 1.98. The van der Waals surface area contributed by atoms with Crippen LogP contribution in [0.5, 0.6) is 0 Å². The highest BCUT2D eigenvalue weighted by atomic mass is 32.2. The molecule has 4 nitrogen and oxygen atoms in total. The Morgan fingerprint density at radius 2 is 2.06 bits per heavy atom. The highest BCUT2D eigenvalue weighted by molar-refractivity contribution is 7.99. The van der Waals surface area contributed by atoms with Gasteiger partial charge in [-0.1, -0.05) is 30.8 Å². The van der Waals surface area contributed by atoms with Gasteiger partial charge in [-0.05, 0) is 17.7 Å². The summed E-state index contributed by atoms with van der Waals surface area (Å²) in [7, 11) is 0. The van der Waals surface area contributed by atoms with Gasteiger partial charge < -0.3 is 10.1 Å². The van der Waals surface area contributed by atoms with E-state index in [1.54, 1.807) is 0 Å². The quantitative estimate of drug-likeness (QED) is 0.827. The molecule has 94 valence electrons. The summed E-state index contributed by atoms with van der Waals surface area (Å²) in [6, 6.07) is 9.02. The van der Waals surface area contributed by atoms with Gasteiger partial charge in [0.05, 0.1) is 6.61 Å². The smallest absolute Gasteiger partial charge is 0.251 e. The lowest BCUT2D eigenvalue weighted by atomic mass is 10.2. The van der Waals surface area contributed by atoms with E-state index in [1.807, 2.05) is 31.2 Å². The van der Waals surface area contributed by atoms with Gasteiger partial charge in [-0.25, -0.2) is 4.98 Å². The van der Waals surface area contributed by atoms with Crippen molar-refractivity contribution in [2.75, 3.05) is 0 Å². The SMILES string of the molecule is CCc1nc(Sc2ccc(CO)cc2)cc(=O)[nH]1. The van der Waals surface area contributed by atoms with Crippen LogP contribution >= 0.6 is 11.8 Å². The molecule has 1 aromatic heterocycles. The standard InChI is InChI=1S/C13H14N2O2S/c1-2-11-14-12(17)7-13(15-11)18-10-5-3-9(8-16)4-6-10/h3-7,16H,2,8H2,1H3,(H,14,15,17). The van der Waals surface area contributed by atoms with E-state index < -0.39 is 0 Å². The van der Waals surface area contributed by atoms with E-state index in [1.165, 1.54) is 17.8 Å². The van der Waals surface area contributed by atoms with Crippen LogP contribution in [0.15, 0.2) is 45.0 Å². The third-order valence-corrected chi connectivity index (χ3v) is 3.36. The van der Waals surface area contributed by atoms with Crippen LogP contribution in [0, 0.1) is 0 Å². The van der Waals surface area contributed by atoms with Crippen molar-refractivity contribution in [2.24, 2.45) is 0 Å². The number of H-pyrrole nitrogens is 1. The van der Waals surface area contributed by atoms with Crippen molar-refractivity contribution in [1.29, 1.82) is 0 Å². The maximum Gasteiger partial charge on any atom is 0.251 e. The predicted molar refractivity (Wildman–Crippen MR) is 70.7 cm³/mol. The maximum atomic E-state index is 11.4. The molecule has 5 heteroatoms. The fraction of sp³-hybridized carbons (Fsp3) is 0.231. The number of nitrogens with zero attached hydrogens (tertiary/aromatic N) is 1. The Morgan fingerprint density at radius 3 is 2.67 bits per heavy atom. The third kappa shape index (κ3) is 3.21. The largest absolute Gasteiger partial charge is 0.392 e. The van der Waals surface area contributed by atoms with Gasteiger partial charge in [0.25, 0.3) is 5.56 Å². The minimum absolute atomic E-state index is 0.0359. The fourth-order valence-corrected chi connectivity index (χ4v) is 2.32. The highest BCUT2D eigenvalue weighted by Crippen LogP contribution is 2.25. The molecule has 0 aliphatic carbocycles. The zero-order valence-corrected chi connectivity index (χ0v) is 10.8. The Balaban J connectivity index is 2.22. The molecule has 2 N–H and O–H groups in total. The first-order valence-electron chi connectivity index (χ1n) is 5.69. The van der Waals surface area contributed by atoms with Crippen molar-refractivity contribution in [3.63, 3.8) is 0 Å². The number of hydrogen-bond donors (Lipinski definition) is 2. The summed E-state index contributed by atoms with van der Waals surface area (Å²) in [5, 5.41) is 9.65. The van der Waals surface area contributed by atoms with Crippen LogP contribution in [-0.2, 0) is 13.0 Å². The normalized spacial score (nSPS) is 10.6. The number of aromatic nitrogens is 2. The first-order chi connectivity index (χ1) is 8.71. The van der Waals surface area contributed by atoms with Crippen molar-refractivity contribution in [1.82, 2.24) is 9.97 Å². The summed E-state index contributed by atoms with van der Waals surface area (Å²) in [6.07, 6.45) is 0.701. The van der Waals surface area contributed by atoms with Gasteiger partial charge in [-0.3, -0.25) is 4.79 Å². The number of aryl methyl sites for hydroxylation is 1. The zero-order valence-electron chi connectivity index (χ0n) is 10.0. The molecule has 0 amide bonds. The van der Waals surface area contributed by atoms with Crippen LogP contribution in [0.4, 0.5) is 0 Å². The molecule has 0 bridgehead atoms. The van der Waals surface area contributed by atoms with Crippen molar-refractivity contribution >= 4 is 11.8 Å². The van der Waals surface area contributed by atoms with Gasteiger partial charge in [0.15, 0.2) is 0 Å². The lowest BCUT2D eigenvalue weighted by Gasteiger charge is -2.03. The summed E-state index contributed by atoms with van der Waals surface area (Å²) in [6.45, 7) is 1.98. The molecular weight excluding hydrogens is 248 g/mol. The van der Waals surface area contributed by atoms with E-state index in [0.29, 0.717) is 17.3 Å². The Hall–Kier alpha value is -1.59. The van der Waals surface area contributed by atoms with Gasteiger partial charge in [0, 0.05) is 17.4 Å². The molecular formula is C13H14N2O2S. The van der Waals surface area contributed by atoms with Gasteiger partial charge in [-0.15, -0.1) is 0 Å². The third-order valence-electron chi connectivity index (χ3n) is 2.43. The first kappa shape index (κ1) is 12.9. The molecule has 1 aromatic carbocycles. The Morgan fingerprint density at radius 1 is 1.33 bits per heavy atom. The van der Waals surface area contributed by atoms with E-state index in [-0.39, 0.29) is 12.2 Å². The molecule has 0 aliphatic rings. The van der Waals surface area contributed by atoms with Crippen LogP contribution in [-0.4, -0.2) is 15.1 Å². The summed E-state index contributed by atoms with van der Waals surface area (Å²) in [4.78, 5) is 19.4.